The van der Waals surface area contributed by atoms with E-state index in [2.05, 4.69) is 10.3 Å². The fraction of sp³-hybridized carbons (Fsp3) is 0.250. The number of para-hydroxylation sites is 2. The topological polar surface area (TPSA) is 93.2 Å². The zero-order valence-electron chi connectivity index (χ0n) is 14.8. The number of rotatable bonds is 8. The van der Waals surface area contributed by atoms with E-state index >= 15 is 0 Å². The van der Waals surface area contributed by atoms with Gasteiger partial charge in [0.1, 0.15) is 5.75 Å². The van der Waals surface area contributed by atoms with E-state index in [0.29, 0.717) is 30.5 Å². The van der Waals surface area contributed by atoms with Crippen molar-refractivity contribution in [3.05, 3.63) is 75.4 Å². The molecule has 1 heterocycles. The molecule has 0 bridgehead atoms. The number of fused-ring (bicyclic) bond motifs is 1. The van der Waals surface area contributed by atoms with Crippen LogP contribution in [-0.2, 0) is 11.3 Å². The van der Waals surface area contributed by atoms with Crippen molar-refractivity contribution in [2.45, 2.75) is 19.4 Å². The molecular formula is C20H21N3O4. The Bertz CT molecular complexity index is 1020. The monoisotopic (exact) mass is 367 g/mol. The number of aromatic amines is 1. The van der Waals surface area contributed by atoms with Gasteiger partial charge in [0.15, 0.2) is 0 Å². The molecule has 0 fully saturated rings. The highest BCUT2D eigenvalue weighted by molar-refractivity contribution is 5.78. The fourth-order valence-electron chi connectivity index (χ4n) is 2.77. The van der Waals surface area contributed by atoms with Crippen LogP contribution in [-0.4, -0.2) is 28.6 Å². The van der Waals surface area contributed by atoms with Gasteiger partial charge in [0.25, 0.3) is 5.56 Å². The first-order valence-electron chi connectivity index (χ1n) is 8.81. The highest BCUT2D eigenvalue weighted by Gasteiger charge is 2.08. The van der Waals surface area contributed by atoms with Crippen LogP contribution in [0.25, 0.3) is 10.9 Å². The summed E-state index contributed by atoms with van der Waals surface area (Å²) in [5.74, 6) is 0.644. The zero-order chi connectivity index (χ0) is 19.1. The Hall–Kier alpha value is -3.35. The summed E-state index contributed by atoms with van der Waals surface area (Å²) in [5, 5.41) is 3.24. The van der Waals surface area contributed by atoms with Gasteiger partial charge >= 0.3 is 5.69 Å². The van der Waals surface area contributed by atoms with Crippen molar-refractivity contribution in [2.24, 2.45) is 0 Å². The van der Waals surface area contributed by atoms with Crippen molar-refractivity contribution in [2.75, 3.05) is 13.2 Å². The van der Waals surface area contributed by atoms with Crippen LogP contribution in [0, 0.1) is 0 Å². The molecule has 3 rings (SSSR count). The SMILES string of the molecule is O=C(CCn1c(=O)[nH]c(=O)c2ccccc21)NCCCOc1ccccc1. The number of carbonyl (C=O) groups is 1. The zero-order valence-corrected chi connectivity index (χ0v) is 14.8. The van der Waals surface area contributed by atoms with Crippen LogP contribution in [0.3, 0.4) is 0 Å². The lowest BCUT2D eigenvalue weighted by atomic mass is 10.2. The largest absolute Gasteiger partial charge is 0.494 e. The molecule has 0 aliphatic carbocycles. The molecule has 0 aliphatic heterocycles. The Morgan fingerprint density at radius 1 is 1.04 bits per heavy atom. The number of aromatic nitrogens is 2. The third-order valence-electron chi connectivity index (χ3n) is 4.12. The molecule has 7 heteroatoms. The highest BCUT2D eigenvalue weighted by Crippen LogP contribution is 2.08. The van der Waals surface area contributed by atoms with E-state index in [0.717, 1.165) is 5.75 Å². The summed E-state index contributed by atoms with van der Waals surface area (Å²) >= 11 is 0. The molecule has 0 atom stereocenters. The predicted octanol–water partition coefficient (Wildman–Crippen LogP) is 1.67. The number of nitrogens with zero attached hydrogens (tertiary/aromatic N) is 1. The molecule has 0 saturated heterocycles. The van der Waals surface area contributed by atoms with Gasteiger partial charge in [-0.05, 0) is 30.7 Å². The van der Waals surface area contributed by atoms with E-state index in [9.17, 15) is 14.4 Å². The molecule has 27 heavy (non-hydrogen) atoms. The molecule has 0 saturated carbocycles. The maximum Gasteiger partial charge on any atom is 0.328 e. The number of carbonyl (C=O) groups excluding carboxylic acids is 1. The van der Waals surface area contributed by atoms with E-state index < -0.39 is 11.2 Å². The quantitative estimate of drug-likeness (QED) is 0.592. The van der Waals surface area contributed by atoms with Crippen LogP contribution in [0.2, 0.25) is 0 Å². The molecule has 0 unspecified atom stereocenters. The van der Waals surface area contributed by atoms with Crippen LogP contribution in [0.5, 0.6) is 5.75 Å². The lowest BCUT2D eigenvalue weighted by Gasteiger charge is -2.10. The third-order valence-corrected chi connectivity index (χ3v) is 4.12. The average Bonchev–Trinajstić information content (AvgIpc) is 2.68. The van der Waals surface area contributed by atoms with Crippen molar-refractivity contribution < 1.29 is 9.53 Å². The number of nitrogens with one attached hydrogen (secondary N) is 2. The van der Waals surface area contributed by atoms with E-state index in [4.69, 9.17) is 4.74 Å². The van der Waals surface area contributed by atoms with E-state index in [-0.39, 0.29) is 18.9 Å². The Balaban J connectivity index is 1.48. The maximum atomic E-state index is 12.1. The third kappa shape index (κ3) is 4.84. The highest BCUT2D eigenvalue weighted by atomic mass is 16.5. The van der Waals surface area contributed by atoms with Crippen LogP contribution in [0.4, 0.5) is 0 Å². The Labute approximate surface area is 155 Å². The minimum atomic E-state index is -0.511. The Kier molecular flexibility index (Phi) is 6.04. The van der Waals surface area contributed by atoms with Gasteiger partial charge in [-0.25, -0.2) is 4.79 Å². The van der Waals surface area contributed by atoms with Gasteiger partial charge in [-0.2, -0.15) is 0 Å². The standard InChI is InChI=1S/C20H21N3O4/c24-18(21-12-6-14-27-15-7-2-1-3-8-15)11-13-23-17-10-5-4-9-16(17)19(25)22-20(23)26/h1-5,7-10H,6,11-14H2,(H,21,24)(H,22,25,26). The molecular weight excluding hydrogens is 346 g/mol. The van der Waals surface area contributed by atoms with Gasteiger partial charge in [0, 0.05) is 19.5 Å². The molecule has 2 N–H and O–H groups in total. The number of ether oxygens (including phenoxy) is 1. The fourth-order valence-corrected chi connectivity index (χ4v) is 2.77. The predicted molar refractivity (Wildman–Crippen MR) is 103 cm³/mol. The normalized spacial score (nSPS) is 10.7. The molecule has 0 spiro atoms. The second-order valence-corrected chi connectivity index (χ2v) is 6.04. The smallest absolute Gasteiger partial charge is 0.328 e. The van der Waals surface area contributed by atoms with Gasteiger partial charge in [0.05, 0.1) is 17.5 Å². The van der Waals surface area contributed by atoms with Gasteiger partial charge in [-0.15, -0.1) is 0 Å². The van der Waals surface area contributed by atoms with Crippen molar-refractivity contribution >= 4 is 16.8 Å². The first kappa shape index (κ1) is 18.4. The number of aryl methyl sites for hydroxylation is 1. The average molecular weight is 367 g/mol. The van der Waals surface area contributed by atoms with Crippen LogP contribution in [0.15, 0.2) is 64.2 Å². The van der Waals surface area contributed by atoms with E-state index in [1.807, 2.05) is 30.3 Å². The van der Waals surface area contributed by atoms with Crippen molar-refractivity contribution in [3.63, 3.8) is 0 Å². The molecule has 7 nitrogen and oxygen atoms in total. The summed E-state index contributed by atoms with van der Waals surface area (Å²) in [5.41, 5.74) is -0.409. The second kappa shape index (κ2) is 8.84. The second-order valence-electron chi connectivity index (χ2n) is 6.04. The summed E-state index contributed by atoms with van der Waals surface area (Å²) in [4.78, 5) is 38.2. The number of amides is 1. The van der Waals surface area contributed by atoms with Crippen LogP contribution in [0.1, 0.15) is 12.8 Å². The Morgan fingerprint density at radius 2 is 1.78 bits per heavy atom. The van der Waals surface area contributed by atoms with Crippen molar-refractivity contribution in [1.82, 2.24) is 14.9 Å². The molecule has 3 aromatic rings. The molecule has 2 aromatic carbocycles. The lowest BCUT2D eigenvalue weighted by molar-refractivity contribution is -0.121. The van der Waals surface area contributed by atoms with E-state index in [1.54, 1.807) is 24.3 Å². The van der Waals surface area contributed by atoms with Gasteiger partial charge in [-0.3, -0.25) is 19.1 Å². The minimum Gasteiger partial charge on any atom is -0.494 e. The molecule has 1 aromatic heterocycles. The summed E-state index contributed by atoms with van der Waals surface area (Å²) < 4.78 is 6.97. The first-order chi connectivity index (χ1) is 13.1. The number of hydrogen-bond acceptors (Lipinski definition) is 4. The summed E-state index contributed by atoms with van der Waals surface area (Å²) in [6.07, 6.45) is 0.831. The summed E-state index contributed by atoms with van der Waals surface area (Å²) in [6, 6.07) is 16.3. The maximum absolute atomic E-state index is 12.1. The molecule has 0 radical (unpaired) electrons. The van der Waals surface area contributed by atoms with E-state index in [1.165, 1.54) is 4.57 Å². The van der Waals surface area contributed by atoms with Crippen molar-refractivity contribution in [1.29, 1.82) is 0 Å². The van der Waals surface area contributed by atoms with Gasteiger partial charge < -0.3 is 10.1 Å². The first-order valence-corrected chi connectivity index (χ1v) is 8.81. The summed E-state index contributed by atoms with van der Waals surface area (Å²) in [7, 11) is 0. The molecule has 140 valence electrons. The summed E-state index contributed by atoms with van der Waals surface area (Å²) in [6.45, 7) is 1.20. The van der Waals surface area contributed by atoms with Crippen LogP contribution < -0.4 is 21.3 Å². The van der Waals surface area contributed by atoms with Gasteiger partial charge in [-0.1, -0.05) is 30.3 Å². The van der Waals surface area contributed by atoms with Crippen LogP contribution >= 0.6 is 0 Å². The Morgan fingerprint density at radius 3 is 2.59 bits per heavy atom. The van der Waals surface area contributed by atoms with Crippen molar-refractivity contribution in [3.8, 4) is 5.75 Å². The minimum absolute atomic E-state index is 0.148. The number of H-pyrrole nitrogens is 1. The molecule has 0 aliphatic rings. The number of benzene rings is 2. The lowest BCUT2D eigenvalue weighted by Crippen LogP contribution is -2.32. The number of hydrogen-bond donors (Lipinski definition) is 2. The molecule has 1 amide bonds. The van der Waals surface area contributed by atoms with Gasteiger partial charge in [0.2, 0.25) is 5.91 Å².